The van der Waals surface area contributed by atoms with Gasteiger partial charge >= 0.3 is 13.7 Å². The van der Waals surface area contributed by atoms with Gasteiger partial charge in [0.25, 0.3) is 5.69 Å². The fourth-order valence-electron chi connectivity index (χ4n) is 4.38. The van der Waals surface area contributed by atoms with Crippen LogP contribution in [0.2, 0.25) is 5.28 Å². The van der Waals surface area contributed by atoms with E-state index in [-0.39, 0.29) is 40.3 Å². The third kappa shape index (κ3) is 7.20. The lowest BCUT2D eigenvalue weighted by Crippen LogP contribution is -2.37. The van der Waals surface area contributed by atoms with Gasteiger partial charge in [0.15, 0.2) is 23.2 Å². The Kier molecular flexibility index (Phi) is 9.59. The minimum Gasteiger partial charge on any atom is -0.460 e. The molecule has 19 heteroatoms. The van der Waals surface area contributed by atoms with E-state index in [4.69, 9.17) is 35.9 Å². The molecule has 3 heterocycles. The highest BCUT2D eigenvalue weighted by Gasteiger charge is 2.46. The fraction of sp³-hybridized carbons (Fsp3) is 0.308. The number of anilines is 1. The molecule has 5 rings (SSSR count). The Bertz CT molecular complexity index is 1730. The monoisotopic (exact) mass is 663 g/mol. The number of nitrogens with two attached hydrogens (primary N) is 1. The summed E-state index contributed by atoms with van der Waals surface area (Å²) in [7, 11) is -4.50. The lowest BCUT2D eigenvalue weighted by Gasteiger charge is -2.24. The molecule has 5 N–H and O–H groups in total. The number of nitrogen functional groups attached to an aromatic ring is 1. The molecule has 2 aromatic carbocycles. The first kappa shape index (κ1) is 32.2. The van der Waals surface area contributed by atoms with E-state index in [0.29, 0.717) is 0 Å². The van der Waals surface area contributed by atoms with Crippen molar-refractivity contribution in [3.63, 3.8) is 0 Å². The molecule has 238 valence electrons. The smallest absolute Gasteiger partial charge is 0.459 e. The number of ether oxygens (including phenoxy) is 2. The number of fused-ring (bicyclic) bond motifs is 1. The largest absolute Gasteiger partial charge is 0.460 e. The van der Waals surface area contributed by atoms with Crippen LogP contribution in [0.3, 0.4) is 0 Å². The van der Waals surface area contributed by atoms with Crippen LogP contribution in [0.4, 0.5) is 11.5 Å². The number of aliphatic hydroxyl groups excluding tert-OH is 2. The van der Waals surface area contributed by atoms with E-state index in [9.17, 15) is 29.7 Å². The Balaban J connectivity index is 1.32. The summed E-state index contributed by atoms with van der Waals surface area (Å²) in [5.41, 5.74) is 6.59. The number of carbonyl (C=O) groups is 1. The van der Waals surface area contributed by atoms with Gasteiger partial charge in [-0.1, -0.05) is 30.3 Å². The SMILES string of the molecule is C[C@H](N[P@](=O)(OC[C@H]1O[C@@H](n2c(Cl)nc3c(N)ncnc32)[C@@H](O)C1O)Oc1ccc([N+](=O)[O-])cc1)C(=O)OCc1ccccc1. The molecule has 0 amide bonds. The highest BCUT2D eigenvalue weighted by molar-refractivity contribution is 7.52. The van der Waals surface area contributed by atoms with E-state index in [0.717, 1.165) is 24.0 Å². The Labute approximate surface area is 259 Å². The van der Waals surface area contributed by atoms with Crippen LogP contribution >= 0.6 is 19.3 Å². The number of halogens is 1. The number of nitrogens with zero attached hydrogens (tertiary/aromatic N) is 5. The van der Waals surface area contributed by atoms with Crippen LogP contribution in [0, 0.1) is 10.1 Å². The standard InChI is InChI=1S/C26H27ClN7O10P/c1-14(25(37)41-11-15-5-3-2-4-6-15)32-45(40,44-17-9-7-16(8-10-17)34(38)39)42-12-18-20(35)21(36)24(43-18)33-23-19(31-26(33)27)22(28)29-13-30-23/h2-10,13-14,18,20-21,24,35-36H,11-12H2,1H3,(H,32,40)(H2,28,29,30)/t14-,18+,20?,21-,24+,45-/m0/s1. The van der Waals surface area contributed by atoms with Crippen LogP contribution in [0.1, 0.15) is 18.7 Å². The summed E-state index contributed by atoms with van der Waals surface area (Å²) in [6.07, 6.45) is -4.60. The first-order valence-electron chi connectivity index (χ1n) is 13.3. The zero-order chi connectivity index (χ0) is 32.3. The molecule has 1 unspecified atom stereocenters. The first-order chi connectivity index (χ1) is 21.5. The van der Waals surface area contributed by atoms with Crippen LogP contribution in [-0.4, -0.2) is 71.6 Å². The quantitative estimate of drug-likeness (QED) is 0.0560. The normalized spacial score (nSPS) is 21.7. The molecular formula is C26H27ClN7O10P. The van der Waals surface area contributed by atoms with Crippen molar-refractivity contribution in [2.75, 3.05) is 12.3 Å². The zero-order valence-corrected chi connectivity index (χ0v) is 25.0. The summed E-state index contributed by atoms with van der Waals surface area (Å²) in [5, 5.41) is 35.0. The fourth-order valence-corrected chi connectivity index (χ4v) is 6.14. The topological polar surface area (TPSA) is 236 Å². The number of aliphatic hydroxyl groups is 2. The highest BCUT2D eigenvalue weighted by Crippen LogP contribution is 2.46. The number of rotatable bonds is 12. The number of non-ortho nitro benzene ring substituents is 1. The Hall–Kier alpha value is -4.22. The lowest BCUT2D eigenvalue weighted by molar-refractivity contribution is -0.384. The first-order valence-corrected chi connectivity index (χ1v) is 15.2. The van der Waals surface area contributed by atoms with Crippen LogP contribution < -0.4 is 15.3 Å². The van der Waals surface area contributed by atoms with Crippen molar-refractivity contribution in [2.45, 2.75) is 44.1 Å². The van der Waals surface area contributed by atoms with E-state index < -0.39 is 55.8 Å². The summed E-state index contributed by atoms with van der Waals surface area (Å²) in [4.78, 5) is 35.2. The number of aromatic nitrogens is 4. The van der Waals surface area contributed by atoms with Gasteiger partial charge in [0.05, 0.1) is 11.5 Å². The number of carbonyl (C=O) groups excluding carboxylic acids is 1. The van der Waals surface area contributed by atoms with Gasteiger partial charge in [-0.25, -0.2) is 19.5 Å². The van der Waals surface area contributed by atoms with Crippen LogP contribution in [0.5, 0.6) is 5.75 Å². The molecule has 1 fully saturated rings. The second-order valence-corrected chi connectivity index (χ2v) is 11.8. The zero-order valence-electron chi connectivity index (χ0n) is 23.4. The van der Waals surface area contributed by atoms with Crippen molar-refractivity contribution in [1.82, 2.24) is 24.6 Å². The number of esters is 1. The average Bonchev–Trinajstić information content (AvgIpc) is 3.50. The number of hydrogen-bond acceptors (Lipinski definition) is 14. The van der Waals surface area contributed by atoms with E-state index >= 15 is 0 Å². The van der Waals surface area contributed by atoms with Gasteiger partial charge in [0.2, 0.25) is 5.28 Å². The lowest BCUT2D eigenvalue weighted by atomic mass is 10.1. The van der Waals surface area contributed by atoms with Crippen LogP contribution in [0.25, 0.3) is 11.2 Å². The molecule has 0 radical (unpaired) electrons. The second-order valence-electron chi connectivity index (χ2n) is 9.81. The van der Waals surface area contributed by atoms with E-state index in [1.165, 1.54) is 23.6 Å². The van der Waals surface area contributed by atoms with Gasteiger partial charge in [-0.2, -0.15) is 5.09 Å². The molecule has 0 spiro atoms. The van der Waals surface area contributed by atoms with Crippen molar-refractivity contribution in [3.05, 3.63) is 81.9 Å². The van der Waals surface area contributed by atoms with E-state index in [1.807, 2.05) is 0 Å². The number of hydrogen-bond donors (Lipinski definition) is 4. The Morgan fingerprint density at radius 2 is 1.91 bits per heavy atom. The molecule has 1 aliphatic heterocycles. The van der Waals surface area contributed by atoms with Crippen molar-refractivity contribution < 1.29 is 43.0 Å². The van der Waals surface area contributed by atoms with E-state index in [1.54, 1.807) is 30.3 Å². The molecule has 2 aromatic heterocycles. The van der Waals surface area contributed by atoms with Gasteiger partial charge in [-0.15, -0.1) is 0 Å². The molecule has 6 atom stereocenters. The maximum absolute atomic E-state index is 13.9. The molecule has 1 aliphatic rings. The Morgan fingerprint density at radius 3 is 2.60 bits per heavy atom. The second kappa shape index (κ2) is 13.4. The molecular weight excluding hydrogens is 637 g/mol. The molecule has 0 saturated carbocycles. The summed E-state index contributed by atoms with van der Waals surface area (Å²) in [6.45, 7) is 0.686. The molecule has 17 nitrogen and oxygen atoms in total. The minimum atomic E-state index is -4.50. The maximum atomic E-state index is 13.9. The van der Waals surface area contributed by atoms with Gasteiger partial charge in [-0.3, -0.25) is 24.0 Å². The van der Waals surface area contributed by atoms with Gasteiger partial charge < -0.3 is 29.9 Å². The van der Waals surface area contributed by atoms with Crippen molar-refractivity contribution in [1.29, 1.82) is 0 Å². The summed E-state index contributed by atoms with van der Waals surface area (Å²) >= 11 is 6.27. The van der Waals surface area contributed by atoms with Gasteiger partial charge in [-0.05, 0) is 36.2 Å². The third-order valence-electron chi connectivity index (χ3n) is 6.67. The average molecular weight is 664 g/mol. The van der Waals surface area contributed by atoms with Gasteiger partial charge in [0, 0.05) is 12.1 Å². The third-order valence-corrected chi connectivity index (χ3v) is 8.58. The number of nitrogens with one attached hydrogen (secondary N) is 1. The summed E-state index contributed by atoms with van der Waals surface area (Å²) in [6, 6.07) is 12.3. The predicted octanol–water partition coefficient (Wildman–Crippen LogP) is 2.51. The number of nitro benzene ring substituents is 1. The predicted molar refractivity (Wildman–Crippen MR) is 157 cm³/mol. The van der Waals surface area contributed by atoms with Gasteiger partial charge in [0.1, 0.15) is 43.0 Å². The van der Waals surface area contributed by atoms with Crippen molar-refractivity contribution in [2.24, 2.45) is 0 Å². The van der Waals surface area contributed by atoms with Crippen molar-refractivity contribution in [3.8, 4) is 5.75 Å². The molecule has 45 heavy (non-hydrogen) atoms. The molecule has 0 aliphatic carbocycles. The van der Waals surface area contributed by atoms with E-state index in [2.05, 4.69) is 20.0 Å². The number of imidazole rings is 1. The van der Waals surface area contributed by atoms with Crippen molar-refractivity contribution >= 4 is 48.0 Å². The highest BCUT2D eigenvalue weighted by atomic mass is 35.5. The molecule has 4 aromatic rings. The maximum Gasteiger partial charge on any atom is 0.459 e. The van der Waals surface area contributed by atoms with Crippen LogP contribution in [-0.2, 0) is 30.0 Å². The number of benzene rings is 2. The summed E-state index contributed by atoms with van der Waals surface area (Å²) < 4.78 is 37.4. The molecule has 0 bridgehead atoms. The summed E-state index contributed by atoms with van der Waals surface area (Å²) in [5.74, 6) is -0.855. The number of nitro groups is 1. The van der Waals surface area contributed by atoms with Crippen LogP contribution in [0.15, 0.2) is 60.9 Å². The minimum absolute atomic E-state index is 0.0281. The Morgan fingerprint density at radius 1 is 1.20 bits per heavy atom. The molecule has 1 saturated heterocycles.